The summed E-state index contributed by atoms with van der Waals surface area (Å²) in [5.41, 5.74) is 0.783. The summed E-state index contributed by atoms with van der Waals surface area (Å²) in [6.07, 6.45) is 6.84. The zero-order valence-electron chi connectivity index (χ0n) is 24.2. The third kappa shape index (κ3) is 5.02. The topological polar surface area (TPSA) is 81.2 Å². The van der Waals surface area contributed by atoms with Crippen LogP contribution in [0.5, 0.6) is 0 Å². The first-order valence-corrected chi connectivity index (χ1v) is 15.6. The van der Waals surface area contributed by atoms with Gasteiger partial charge in [0.2, 0.25) is 17.7 Å². The monoisotopic (exact) mass is 567 g/mol. The van der Waals surface area contributed by atoms with Gasteiger partial charge in [-0.25, -0.2) is 0 Å². The molecule has 7 atom stereocenters. The number of nitrogens with zero attached hydrogens (tertiary/aromatic N) is 3. The van der Waals surface area contributed by atoms with Gasteiger partial charge in [0.25, 0.3) is 0 Å². The standard InChI is InChI=1S/C32H45N3O4S/c1-6-10-19-34(18-9-4)31(39)28-32-22(5)20-25(40-32)26(29(37)33(16-7-2)17-8-3)27(32)30(38)35(28)24(21-36)23-14-12-11-13-15-23/h7,9,11-15,22,24-28,36H,2,4,6,8,10,16-21H2,1,3,5H3/t22?,24-,25-,26+,27+,28?,32?/m1/s1. The Morgan fingerprint density at radius 1 is 1.10 bits per heavy atom. The zero-order valence-corrected chi connectivity index (χ0v) is 25.0. The molecule has 0 aliphatic carbocycles. The summed E-state index contributed by atoms with van der Waals surface area (Å²) in [6.45, 7) is 15.7. The second-order valence-corrected chi connectivity index (χ2v) is 13.0. The van der Waals surface area contributed by atoms with Gasteiger partial charge in [-0.2, -0.15) is 0 Å². The van der Waals surface area contributed by atoms with Crippen LogP contribution in [0.25, 0.3) is 0 Å². The molecule has 4 rings (SSSR count). The molecular weight excluding hydrogens is 522 g/mol. The molecule has 0 aromatic heterocycles. The van der Waals surface area contributed by atoms with Gasteiger partial charge in [-0.3, -0.25) is 14.4 Å². The summed E-state index contributed by atoms with van der Waals surface area (Å²) in [5.74, 6) is -1.38. The number of benzene rings is 1. The lowest BCUT2D eigenvalue weighted by Gasteiger charge is -2.42. The number of carbonyl (C=O) groups excluding carboxylic acids is 3. The number of carbonyl (C=O) groups is 3. The van der Waals surface area contributed by atoms with Crippen LogP contribution in [0.3, 0.4) is 0 Å². The van der Waals surface area contributed by atoms with E-state index >= 15 is 0 Å². The summed E-state index contributed by atoms with van der Waals surface area (Å²) in [4.78, 5) is 48.7. The van der Waals surface area contributed by atoms with Gasteiger partial charge < -0.3 is 19.8 Å². The van der Waals surface area contributed by atoms with Gasteiger partial charge in [0.05, 0.1) is 29.2 Å². The number of unbranched alkanes of at least 4 members (excludes halogenated alkanes) is 1. The van der Waals surface area contributed by atoms with Crippen molar-refractivity contribution in [1.29, 1.82) is 0 Å². The summed E-state index contributed by atoms with van der Waals surface area (Å²) >= 11 is 1.68. The maximum atomic E-state index is 14.7. The highest BCUT2D eigenvalue weighted by atomic mass is 32.2. The Balaban J connectivity index is 1.85. The van der Waals surface area contributed by atoms with E-state index in [0.29, 0.717) is 26.2 Å². The van der Waals surface area contributed by atoms with Crippen LogP contribution in [0.2, 0.25) is 0 Å². The van der Waals surface area contributed by atoms with Crippen molar-refractivity contribution in [3.63, 3.8) is 0 Å². The first kappa shape index (κ1) is 30.4. The summed E-state index contributed by atoms with van der Waals surface area (Å²) in [6, 6.07) is 7.99. The molecule has 0 saturated carbocycles. The average molecular weight is 568 g/mol. The second kappa shape index (κ2) is 12.9. The molecule has 7 nitrogen and oxygen atoms in total. The van der Waals surface area contributed by atoms with Gasteiger partial charge in [0, 0.05) is 31.4 Å². The van der Waals surface area contributed by atoms with Crippen LogP contribution in [0.4, 0.5) is 0 Å². The average Bonchev–Trinajstić information content (AvgIpc) is 3.55. The fraction of sp³-hybridized carbons (Fsp3) is 0.594. The summed E-state index contributed by atoms with van der Waals surface area (Å²) < 4.78 is -0.737. The molecule has 3 aliphatic heterocycles. The number of fused-ring (bicyclic) bond motifs is 1. The lowest BCUT2D eigenvalue weighted by atomic mass is 9.65. The Bertz CT molecular complexity index is 1100. The predicted octanol–water partition coefficient (Wildman–Crippen LogP) is 4.30. The zero-order chi connectivity index (χ0) is 29.0. The molecule has 40 heavy (non-hydrogen) atoms. The van der Waals surface area contributed by atoms with E-state index in [0.717, 1.165) is 31.2 Å². The molecule has 3 unspecified atom stereocenters. The maximum Gasteiger partial charge on any atom is 0.247 e. The minimum absolute atomic E-state index is 0.0198. The summed E-state index contributed by atoms with van der Waals surface area (Å²) in [5, 5.41) is 10.7. The maximum absolute atomic E-state index is 14.7. The van der Waals surface area contributed by atoms with E-state index < -0.39 is 28.7 Å². The molecule has 218 valence electrons. The molecule has 3 heterocycles. The number of rotatable bonds is 14. The third-order valence-corrected chi connectivity index (χ3v) is 11.1. The quantitative estimate of drug-likeness (QED) is 0.339. The fourth-order valence-corrected chi connectivity index (χ4v) is 9.68. The van der Waals surface area contributed by atoms with Crippen molar-refractivity contribution in [2.45, 2.75) is 68.5 Å². The lowest BCUT2D eigenvalue weighted by molar-refractivity contribution is -0.147. The minimum Gasteiger partial charge on any atom is -0.394 e. The SMILES string of the molecule is C=CCN(CCCC)C(=O)C1N([C@H](CO)c2ccccc2)C(=O)[C@@H]2[C@@H](C(=O)N(CC=C)CCC)[C@H]3CC(C)C12S3. The van der Waals surface area contributed by atoms with Gasteiger partial charge in [0.15, 0.2) is 0 Å². The van der Waals surface area contributed by atoms with Gasteiger partial charge in [-0.05, 0) is 30.7 Å². The van der Waals surface area contributed by atoms with E-state index in [2.05, 4.69) is 27.0 Å². The smallest absolute Gasteiger partial charge is 0.247 e. The molecule has 3 saturated heterocycles. The van der Waals surface area contributed by atoms with Crippen molar-refractivity contribution in [1.82, 2.24) is 14.7 Å². The first-order chi connectivity index (χ1) is 19.3. The van der Waals surface area contributed by atoms with E-state index in [1.54, 1.807) is 28.8 Å². The Morgan fingerprint density at radius 2 is 1.75 bits per heavy atom. The largest absolute Gasteiger partial charge is 0.394 e. The third-order valence-electron chi connectivity index (χ3n) is 8.99. The van der Waals surface area contributed by atoms with Crippen LogP contribution >= 0.6 is 11.8 Å². The van der Waals surface area contributed by atoms with E-state index in [-0.39, 0.29) is 35.5 Å². The van der Waals surface area contributed by atoms with Gasteiger partial charge in [0.1, 0.15) is 6.04 Å². The van der Waals surface area contributed by atoms with E-state index in [1.165, 1.54) is 0 Å². The van der Waals surface area contributed by atoms with Gasteiger partial charge in [-0.15, -0.1) is 24.9 Å². The van der Waals surface area contributed by atoms with Crippen molar-refractivity contribution >= 4 is 29.5 Å². The van der Waals surface area contributed by atoms with E-state index in [9.17, 15) is 19.5 Å². The Hall–Kier alpha value is -2.58. The number of aliphatic hydroxyl groups is 1. The highest BCUT2D eigenvalue weighted by Gasteiger charge is 2.77. The van der Waals surface area contributed by atoms with Crippen molar-refractivity contribution in [3.05, 3.63) is 61.2 Å². The molecule has 1 N–H and O–H groups in total. The molecule has 3 fully saturated rings. The van der Waals surface area contributed by atoms with Crippen LogP contribution in [-0.2, 0) is 14.4 Å². The van der Waals surface area contributed by atoms with Crippen molar-refractivity contribution < 1.29 is 19.5 Å². The van der Waals surface area contributed by atoms with E-state index in [4.69, 9.17) is 0 Å². The Labute approximate surface area is 243 Å². The number of aliphatic hydroxyl groups excluding tert-OH is 1. The molecule has 3 amide bonds. The number of hydrogen-bond donors (Lipinski definition) is 1. The van der Waals surface area contributed by atoms with Crippen molar-refractivity contribution in [3.8, 4) is 0 Å². The second-order valence-electron chi connectivity index (χ2n) is 11.4. The molecule has 1 spiro atoms. The normalized spacial score (nSPS) is 29.2. The summed E-state index contributed by atoms with van der Waals surface area (Å²) in [7, 11) is 0. The highest BCUT2D eigenvalue weighted by Crippen LogP contribution is 2.69. The number of amides is 3. The van der Waals surface area contributed by atoms with Crippen LogP contribution in [0.15, 0.2) is 55.6 Å². The molecule has 2 bridgehead atoms. The molecule has 1 aromatic carbocycles. The molecule has 0 radical (unpaired) electrons. The van der Waals surface area contributed by atoms with Crippen molar-refractivity contribution in [2.24, 2.45) is 17.8 Å². The molecule has 3 aliphatic rings. The highest BCUT2D eigenvalue weighted by molar-refractivity contribution is 8.02. The number of hydrogen-bond acceptors (Lipinski definition) is 5. The van der Waals surface area contributed by atoms with E-state index in [1.807, 2.05) is 47.1 Å². The minimum atomic E-state index is -0.777. The van der Waals surface area contributed by atoms with Crippen LogP contribution in [0, 0.1) is 17.8 Å². The molecule has 8 heteroatoms. The Kier molecular flexibility index (Phi) is 9.83. The van der Waals surface area contributed by atoms with Crippen LogP contribution in [-0.4, -0.2) is 86.4 Å². The number of likely N-dealkylation sites (tertiary alicyclic amines) is 1. The van der Waals surface area contributed by atoms with Crippen molar-refractivity contribution in [2.75, 3.05) is 32.8 Å². The van der Waals surface area contributed by atoms with Crippen LogP contribution in [0.1, 0.15) is 58.1 Å². The predicted molar refractivity (Wildman–Crippen MR) is 161 cm³/mol. The van der Waals surface area contributed by atoms with Gasteiger partial charge >= 0.3 is 0 Å². The lowest BCUT2D eigenvalue weighted by Crippen LogP contribution is -2.58. The van der Waals surface area contributed by atoms with Gasteiger partial charge in [-0.1, -0.05) is 69.7 Å². The first-order valence-electron chi connectivity index (χ1n) is 14.8. The molecule has 1 aromatic rings. The van der Waals surface area contributed by atoms with Crippen LogP contribution < -0.4 is 0 Å². The fourth-order valence-electron chi connectivity index (χ4n) is 7.28. The Morgan fingerprint density at radius 3 is 2.33 bits per heavy atom. The molecular formula is C32H45N3O4S. The number of thioether (sulfide) groups is 1.